The van der Waals surface area contributed by atoms with E-state index in [1.807, 2.05) is 6.92 Å². The lowest BCUT2D eigenvalue weighted by Crippen LogP contribution is -2.16. The largest absolute Gasteiger partial charge is 0.322 e. The summed E-state index contributed by atoms with van der Waals surface area (Å²) in [5.41, 5.74) is 4.97. The molecule has 2 aromatic carbocycles. The summed E-state index contributed by atoms with van der Waals surface area (Å²) in [7, 11) is -3.84. The van der Waals surface area contributed by atoms with Crippen molar-refractivity contribution in [3.63, 3.8) is 0 Å². The fraction of sp³-hybridized carbons (Fsp3) is 0.125. The van der Waals surface area contributed by atoms with Crippen LogP contribution in [-0.4, -0.2) is 19.3 Å². The number of nitrogens with two attached hydrogens (primary N) is 1. The Morgan fingerprint density at radius 2 is 1.96 bits per heavy atom. The van der Waals surface area contributed by atoms with E-state index in [-0.39, 0.29) is 10.8 Å². The Balaban J connectivity index is 1.97. The summed E-state index contributed by atoms with van der Waals surface area (Å²) in [5, 5.41) is 7.95. The number of fused-ring (bicyclic) bond motifs is 1. The standard InChI is InChI=1S/C16H15N3O3S2/c1-9-5-12(24(17,21)22)7-14(10(9)2)19-16(20)11-3-4-13-15(6-11)23-8-18-13/h3-8H,1-2H3,(H,19,20)(H2,17,21,22). The van der Waals surface area contributed by atoms with E-state index in [0.29, 0.717) is 11.3 Å². The lowest BCUT2D eigenvalue weighted by atomic mass is 10.1. The molecule has 0 atom stereocenters. The molecule has 0 bridgehead atoms. The first kappa shape index (κ1) is 16.6. The van der Waals surface area contributed by atoms with E-state index in [0.717, 1.165) is 21.3 Å². The third-order valence-electron chi connectivity index (χ3n) is 3.81. The Hall–Kier alpha value is -2.29. The molecular weight excluding hydrogens is 346 g/mol. The molecule has 3 aromatic rings. The maximum absolute atomic E-state index is 12.5. The Morgan fingerprint density at radius 3 is 2.67 bits per heavy atom. The molecule has 0 radical (unpaired) electrons. The molecule has 1 amide bonds. The van der Waals surface area contributed by atoms with Crippen molar-refractivity contribution < 1.29 is 13.2 Å². The molecule has 24 heavy (non-hydrogen) atoms. The third-order valence-corrected chi connectivity index (χ3v) is 5.50. The molecule has 0 spiro atoms. The zero-order chi connectivity index (χ0) is 17.5. The van der Waals surface area contributed by atoms with Crippen LogP contribution in [0, 0.1) is 13.8 Å². The molecule has 124 valence electrons. The molecule has 0 saturated heterocycles. The number of carbonyl (C=O) groups excluding carboxylic acids is 1. The van der Waals surface area contributed by atoms with E-state index < -0.39 is 10.0 Å². The first-order valence-electron chi connectivity index (χ1n) is 7.04. The van der Waals surface area contributed by atoms with Crippen LogP contribution in [0.2, 0.25) is 0 Å². The van der Waals surface area contributed by atoms with Crippen LogP contribution in [-0.2, 0) is 10.0 Å². The lowest BCUT2D eigenvalue weighted by molar-refractivity contribution is 0.102. The number of primary sulfonamides is 1. The van der Waals surface area contributed by atoms with E-state index >= 15 is 0 Å². The molecular formula is C16H15N3O3S2. The average Bonchev–Trinajstić information content (AvgIpc) is 2.97. The quantitative estimate of drug-likeness (QED) is 0.749. The van der Waals surface area contributed by atoms with Gasteiger partial charge in [0.25, 0.3) is 5.91 Å². The zero-order valence-electron chi connectivity index (χ0n) is 13.0. The van der Waals surface area contributed by atoms with Gasteiger partial charge < -0.3 is 5.32 Å². The summed E-state index contributed by atoms with van der Waals surface area (Å²) in [4.78, 5) is 16.6. The number of aromatic nitrogens is 1. The van der Waals surface area contributed by atoms with Crippen molar-refractivity contribution in [2.24, 2.45) is 5.14 Å². The highest BCUT2D eigenvalue weighted by Crippen LogP contribution is 2.25. The van der Waals surface area contributed by atoms with Gasteiger partial charge in [0.05, 0.1) is 20.6 Å². The monoisotopic (exact) mass is 361 g/mol. The number of aryl methyl sites for hydroxylation is 1. The van der Waals surface area contributed by atoms with Crippen LogP contribution >= 0.6 is 11.3 Å². The van der Waals surface area contributed by atoms with E-state index in [4.69, 9.17) is 5.14 Å². The zero-order valence-corrected chi connectivity index (χ0v) is 14.7. The Morgan fingerprint density at radius 1 is 1.21 bits per heavy atom. The van der Waals surface area contributed by atoms with Crippen LogP contribution in [0.5, 0.6) is 0 Å². The van der Waals surface area contributed by atoms with Gasteiger partial charge in [-0.2, -0.15) is 0 Å². The number of hydrogen-bond acceptors (Lipinski definition) is 5. The smallest absolute Gasteiger partial charge is 0.255 e. The van der Waals surface area contributed by atoms with Crippen molar-refractivity contribution in [1.29, 1.82) is 0 Å². The van der Waals surface area contributed by atoms with E-state index in [9.17, 15) is 13.2 Å². The van der Waals surface area contributed by atoms with Gasteiger partial charge in [-0.3, -0.25) is 4.79 Å². The van der Waals surface area contributed by atoms with Gasteiger partial charge in [-0.05, 0) is 55.3 Å². The predicted octanol–water partition coefficient (Wildman–Crippen LogP) is 2.81. The Bertz CT molecular complexity index is 1060. The fourth-order valence-corrected chi connectivity index (χ4v) is 3.65. The predicted molar refractivity (Wildman–Crippen MR) is 94.9 cm³/mol. The van der Waals surface area contributed by atoms with E-state index in [2.05, 4.69) is 10.3 Å². The summed E-state index contributed by atoms with van der Waals surface area (Å²) in [5.74, 6) is -0.320. The van der Waals surface area contributed by atoms with Crippen LogP contribution in [0.1, 0.15) is 21.5 Å². The number of rotatable bonds is 3. The van der Waals surface area contributed by atoms with Gasteiger partial charge in [0.1, 0.15) is 0 Å². The minimum atomic E-state index is -3.84. The molecule has 3 rings (SSSR count). The van der Waals surface area contributed by atoms with Gasteiger partial charge >= 0.3 is 0 Å². The van der Waals surface area contributed by atoms with Crippen molar-refractivity contribution in [3.05, 3.63) is 52.5 Å². The van der Waals surface area contributed by atoms with Gasteiger partial charge in [-0.25, -0.2) is 18.5 Å². The van der Waals surface area contributed by atoms with Crippen molar-refractivity contribution in [1.82, 2.24) is 4.98 Å². The normalized spacial score (nSPS) is 11.6. The maximum atomic E-state index is 12.5. The number of amides is 1. The highest BCUT2D eigenvalue weighted by Gasteiger charge is 2.15. The van der Waals surface area contributed by atoms with E-state index in [1.165, 1.54) is 23.5 Å². The van der Waals surface area contributed by atoms with Gasteiger partial charge in [0.2, 0.25) is 10.0 Å². The first-order chi connectivity index (χ1) is 11.3. The van der Waals surface area contributed by atoms with Crippen molar-refractivity contribution in [2.45, 2.75) is 18.7 Å². The topological polar surface area (TPSA) is 102 Å². The molecule has 1 aromatic heterocycles. The molecule has 0 saturated carbocycles. The highest BCUT2D eigenvalue weighted by atomic mass is 32.2. The fourth-order valence-electron chi connectivity index (χ4n) is 2.31. The summed E-state index contributed by atoms with van der Waals surface area (Å²) in [6, 6.07) is 8.08. The van der Waals surface area contributed by atoms with Crippen molar-refractivity contribution >= 4 is 43.2 Å². The van der Waals surface area contributed by atoms with Crippen LogP contribution in [0.15, 0.2) is 40.7 Å². The lowest BCUT2D eigenvalue weighted by Gasteiger charge is -2.13. The molecule has 8 heteroatoms. The highest BCUT2D eigenvalue weighted by molar-refractivity contribution is 7.89. The Kier molecular flexibility index (Phi) is 4.12. The number of thiazole rings is 1. The first-order valence-corrected chi connectivity index (χ1v) is 9.47. The maximum Gasteiger partial charge on any atom is 0.255 e. The number of benzene rings is 2. The molecule has 6 nitrogen and oxygen atoms in total. The summed E-state index contributed by atoms with van der Waals surface area (Å²) in [6.07, 6.45) is 0. The van der Waals surface area contributed by atoms with Gasteiger partial charge in [0, 0.05) is 11.3 Å². The van der Waals surface area contributed by atoms with Gasteiger partial charge in [-0.15, -0.1) is 11.3 Å². The molecule has 3 N–H and O–H groups in total. The second-order valence-corrected chi connectivity index (χ2v) is 7.89. The van der Waals surface area contributed by atoms with Crippen LogP contribution < -0.4 is 10.5 Å². The number of nitrogens with one attached hydrogen (secondary N) is 1. The summed E-state index contributed by atoms with van der Waals surface area (Å²) < 4.78 is 24.1. The second-order valence-electron chi connectivity index (χ2n) is 5.45. The van der Waals surface area contributed by atoms with Crippen LogP contribution in [0.3, 0.4) is 0 Å². The second kappa shape index (κ2) is 5.97. The minimum Gasteiger partial charge on any atom is -0.322 e. The van der Waals surface area contributed by atoms with Crippen molar-refractivity contribution in [3.8, 4) is 0 Å². The molecule has 0 unspecified atom stereocenters. The number of nitrogens with zero attached hydrogens (tertiary/aromatic N) is 1. The van der Waals surface area contributed by atoms with Crippen LogP contribution in [0.25, 0.3) is 10.2 Å². The SMILES string of the molecule is Cc1cc(S(N)(=O)=O)cc(NC(=O)c2ccc3ncsc3c2)c1C. The van der Waals surface area contributed by atoms with Crippen LogP contribution in [0.4, 0.5) is 5.69 Å². The number of sulfonamides is 1. The summed E-state index contributed by atoms with van der Waals surface area (Å²) in [6.45, 7) is 3.58. The number of anilines is 1. The van der Waals surface area contributed by atoms with E-state index in [1.54, 1.807) is 30.6 Å². The van der Waals surface area contributed by atoms with Crippen molar-refractivity contribution in [2.75, 3.05) is 5.32 Å². The molecule has 0 aliphatic heterocycles. The third kappa shape index (κ3) is 3.16. The van der Waals surface area contributed by atoms with Gasteiger partial charge in [0.15, 0.2) is 0 Å². The average molecular weight is 361 g/mol. The molecule has 0 aliphatic carbocycles. The molecule has 1 heterocycles. The summed E-state index contributed by atoms with van der Waals surface area (Å²) >= 11 is 1.45. The number of carbonyl (C=O) groups is 1. The van der Waals surface area contributed by atoms with Gasteiger partial charge in [-0.1, -0.05) is 0 Å². The Labute approximate surface area is 143 Å². The number of hydrogen-bond donors (Lipinski definition) is 2. The molecule has 0 fully saturated rings. The molecule has 0 aliphatic rings. The minimum absolute atomic E-state index is 0.0289.